The normalized spacial score (nSPS) is 19.5. The molecule has 0 radical (unpaired) electrons. The van der Waals surface area contributed by atoms with Crippen molar-refractivity contribution in [3.63, 3.8) is 0 Å². The maximum absolute atomic E-state index is 12.5. The van der Waals surface area contributed by atoms with Crippen molar-refractivity contribution < 1.29 is 8.78 Å². The van der Waals surface area contributed by atoms with Crippen molar-refractivity contribution in [3.05, 3.63) is 35.4 Å². The van der Waals surface area contributed by atoms with Gasteiger partial charge in [-0.3, -0.25) is 4.90 Å². The number of nitrogens with zero attached hydrogens (tertiary/aromatic N) is 1. The lowest BCUT2D eigenvalue weighted by Gasteiger charge is -2.28. The van der Waals surface area contributed by atoms with Crippen LogP contribution in [0.15, 0.2) is 24.3 Å². The van der Waals surface area contributed by atoms with Crippen molar-refractivity contribution >= 4 is 0 Å². The van der Waals surface area contributed by atoms with E-state index in [0.29, 0.717) is 6.04 Å². The fourth-order valence-corrected chi connectivity index (χ4v) is 2.63. The Morgan fingerprint density at radius 1 is 1.32 bits per heavy atom. The van der Waals surface area contributed by atoms with E-state index < -0.39 is 6.43 Å². The zero-order valence-corrected chi connectivity index (χ0v) is 11.4. The predicted molar refractivity (Wildman–Crippen MR) is 73.4 cm³/mol. The second kappa shape index (κ2) is 6.96. The first-order chi connectivity index (χ1) is 9.20. The molecule has 1 atom stereocenters. The lowest BCUT2D eigenvalue weighted by molar-refractivity contribution is 0.151. The molecule has 1 unspecified atom stereocenters. The van der Waals surface area contributed by atoms with Crippen molar-refractivity contribution in [2.24, 2.45) is 0 Å². The molecule has 0 spiro atoms. The van der Waals surface area contributed by atoms with Crippen LogP contribution in [0.25, 0.3) is 0 Å². The third-order valence-electron chi connectivity index (χ3n) is 3.68. The number of alkyl halides is 2. The van der Waals surface area contributed by atoms with E-state index in [0.717, 1.165) is 38.2 Å². The predicted octanol–water partition coefficient (Wildman–Crippen LogP) is 3.20. The van der Waals surface area contributed by atoms with Crippen LogP contribution in [0.5, 0.6) is 0 Å². The number of hydrogen-bond donors (Lipinski definition) is 1. The van der Waals surface area contributed by atoms with Gasteiger partial charge >= 0.3 is 0 Å². The lowest BCUT2D eigenvalue weighted by atomic mass is 10.1. The summed E-state index contributed by atoms with van der Waals surface area (Å²) in [7, 11) is 0. The highest BCUT2D eigenvalue weighted by atomic mass is 19.3. The average molecular weight is 268 g/mol. The van der Waals surface area contributed by atoms with Gasteiger partial charge in [-0.25, -0.2) is 8.78 Å². The molecule has 1 fully saturated rings. The lowest BCUT2D eigenvalue weighted by Crippen LogP contribution is -2.36. The summed E-state index contributed by atoms with van der Waals surface area (Å²) in [5, 5.41) is 3.38. The summed E-state index contributed by atoms with van der Waals surface area (Å²) in [6, 6.07) is 7.31. The standard InChI is InChI=1S/C15H22F2N2/c1-2-9-19(14-7-8-18-10-14)11-12-3-5-13(6-4-12)15(16)17/h3-6,14-15,18H,2,7-11H2,1H3. The molecule has 0 amide bonds. The molecule has 4 heteroatoms. The Hall–Kier alpha value is -1.00. The maximum Gasteiger partial charge on any atom is 0.263 e. The van der Waals surface area contributed by atoms with Crippen LogP contribution in [-0.4, -0.2) is 30.6 Å². The Kier molecular flexibility index (Phi) is 5.28. The summed E-state index contributed by atoms with van der Waals surface area (Å²) in [5.74, 6) is 0. The third-order valence-corrected chi connectivity index (χ3v) is 3.68. The zero-order chi connectivity index (χ0) is 13.7. The molecular formula is C15H22F2N2. The third kappa shape index (κ3) is 3.98. The highest BCUT2D eigenvalue weighted by Gasteiger charge is 2.21. The van der Waals surface area contributed by atoms with Crippen LogP contribution < -0.4 is 5.32 Å². The topological polar surface area (TPSA) is 15.3 Å². The molecule has 1 aromatic rings. The second-order valence-electron chi connectivity index (χ2n) is 5.16. The van der Waals surface area contributed by atoms with Crippen LogP contribution in [0, 0.1) is 0 Å². The summed E-state index contributed by atoms with van der Waals surface area (Å²) in [6.45, 7) is 6.20. The molecule has 2 nitrogen and oxygen atoms in total. The van der Waals surface area contributed by atoms with E-state index in [2.05, 4.69) is 17.1 Å². The zero-order valence-electron chi connectivity index (χ0n) is 11.4. The largest absolute Gasteiger partial charge is 0.315 e. The smallest absolute Gasteiger partial charge is 0.263 e. The fourth-order valence-electron chi connectivity index (χ4n) is 2.63. The van der Waals surface area contributed by atoms with Crippen molar-refractivity contribution in [2.75, 3.05) is 19.6 Å². The van der Waals surface area contributed by atoms with Crippen LogP contribution in [-0.2, 0) is 6.54 Å². The monoisotopic (exact) mass is 268 g/mol. The van der Waals surface area contributed by atoms with Crippen LogP contribution in [0.2, 0.25) is 0 Å². The van der Waals surface area contributed by atoms with E-state index in [1.807, 2.05) is 12.1 Å². The van der Waals surface area contributed by atoms with Crippen molar-refractivity contribution in [1.29, 1.82) is 0 Å². The Morgan fingerprint density at radius 3 is 2.58 bits per heavy atom. The molecule has 19 heavy (non-hydrogen) atoms. The SMILES string of the molecule is CCCN(Cc1ccc(C(F)F)cc1)C1CCNC1. The summed E-state index contributed by atoms with van der Waals surface area (Å²) in [5.41, 5.74) is 1.22. The minimum atomic E-state index is -2.38. The van der Waals surface area contributed by atoms with Crippen LogP contribution in [0.1, 0.15) is 37.3 Å². The van der Waals surface area contributed by atoms with E-state index in [4.69, 9.17) is 0 Å². The van der Waals surface area contributed by atoms with Gasteiger partial charge in [0.05, 0.1) is 0 Å². The molecule has 1 aromatic carbocycles. The Bertz CT molecular complexity index is 372. The van der Waals surface area contributed by atoms with Crippen molar-refractivity contribution in [1.82, 2.24) is 10.2 Å². The van der Waals surface area contributed by atoms with E-state index in [-0.39, 0.29) is 5.56 Å². The first kappa shape index (κ1) is 14.4. The number of halogens is 2. The number of hydrogen-bond acceptors (Lipinski definition) is 2. The van der Waals surface area contributed by atoms with E-state index in [1.54, 1.807) is 0 Å². The van der Waals surface area contributed by atoms with Gasteiger partial charge in [-0.2, -0.15) is 0 Å². The highest BCUT2D eigenvalue weighted by molar-refractivity contribution is 5.23. The van der Waals surface area contributed by atoms with Crippen molar-refractivity contribution in [2.45, 2.75) is 38.8 Å². The second-order valence-corrected chi connectivity index (χ2v) is 5.16. The van der Waals surface area contributed by atoms with Gasteiger partial charge in [-0.15, -0.1) is 0 Å². The van der Waals surface area contributed by atoms with Crippen molar-refractivity contribution in [3.8, 4) is 0 Å². The molecule has 0 bridgehead atoms. The Balaban J connectivity index is 1.99. The molecule has 1 saturated heterocycles. The number of nitrogens with one attached hydrogen (secondary N) is 1. The van der Waals surface area contributed by atoms with Crippen LogP contribution in [0.4, 0.5) is 8.78 Å². The molecule has 1 N–H and O–H groups in total. The van der Waals surface area contributed by atoms with Gasteiger partial charge in [0.25, 0.3) is 6.43 Å². The number of rotatable bonds is 6. The summed E-state index contributed by atoms with van der Waals surface area (Å²) < 4.78 is 25.0. The van der Waals surface area contributed by atoms with Gasteiger partial charge in [-0.1, -0.05) is 31.2 Å². The maximum atomic E-state index is 12.5. The number of benzene rings is 1. The Labute approximate surface area is 113 Å². The summed E-state index contributed by atoms with van der Waals surface area (Å²) >= 11 is 0. The van der Waals surface area contributed by atoms with Gasteiger partial charge in [0, 0.05) is 24.7 Å². The van der Waals surface area contributed by atoms with Gasteiger partial charge in [0.15, 0.2) is 0 Å². The molecular weight excluding hydrogens is 246 g/mol. The molecule has 0 aromatic heterocycles. The van der Waals surface area contributed by atoms with Gasteiger partial charge < -0.3 is 5.32 Å². The minimum absolute atomic E-state index is 0.105. The molecule has 0 aliphatic carbocycles. The van der Waals surface area contributed by atoms with Gasteiger partial charge in [-0.05, 0) is 31.5 Å². The van der Waals surface area contributed by atoms with Crippen LogP contribution in [0.3, 0.4) is 0 Å². The summed E-state index contributed by atoms with van der Waals surface area (Å²) in [6.07, 6.45) is -0.0828. The fraction of sp³-hybridized carbons (Fsp3) is 0.600. The first-order valence-corrected chi connectivity index (χ1v) is 7.02. The highest BCUT2D eigenvalue weighted by Crippen LogP contribution is 2.20. The first-order valence-electron chi connectivity index (χ1n) is 7.02. The summed E-state index contributed by atoms with van der Waals surface area (Å²) in [4.78, 5) is 2.46. The molecule has 0 saturated carbocycles. The van der Waals surface area contributed by atoms with Crippen LogP contribution >= 0.6 is 0 Å². The van der Waals surface area contributed by atoms with E-state index in [9.17, 15) is 8.78 Å². The average Bonchev–Trinajstić information content (AvgIpc) is 2.92. The molecule has 1 heterocycles. The molecule has 2 rings (SSSR count). The molecule has 1 aliphatic rings. The quantitative estimate of drug-likeness (QED) is 0.852. The minimum Gasteiger partial charge on any atom is -0.315 e. The molecule has 106 valence electrons. The van der Waals surface area contributed by atoms with Gasteiger partial charge in [0.2, 0.25) is 0 Å². The molecule has 1 aliphatic heterocycles. The van der Waals surface area contributed by atoms with E-state index in [1.165, 1.54) is 18.6 Å². The van der Waals surface area contributed by atoms with Gasteiger partial charge in [0.1, 0.15) is 0 Å². The van der Waals surface area contributed by atoms with E-state index >= 15 is 0 Å². The Morgan fingerprint density at radius 2 is 2.05 bits per heavy atom.